The third-order valence-electron chi connectivity index (χ3n) is 1.54. The lowest BCUT2D eigenvalue weighted by atomic mass is 10.3. The van der Waals surface area contributed by atoms with E-state index in [1.807, 2.05) is 31.3 Å². The Labute approximate surface area is 60.4 Å². The van der Waals surface area contributed by atoms with Gasteiger partial charge in [-0.3, -0.25) is 4.98 Å². The molecule has 0 atom stereocenters. The number of fused-ring (bicyclic) bond motifs is 1. The molecule has 0 aromatic carbocycles. The Kier molecular flexibility index (Phi) is 1.01. The molecule has 0 unspecified atom stereocenters. The van der Waals surface area contributed by atoms with Crippen molar-refractivity contribution < 1.29 is 1.43 Å². The lowest BCUT2D eigenvalue weighted by Gasteiger charge is -1.89. The summed E-state index contributed by atoms with van der Waals surface area (Å²) in [5.74, 6) is 0. The van der Waals surface area contributed by atoms with Gasteiger partial charge in [0, 0.05) is 13.3 Å². The normalized spacial score (nSPS) is 10.5. The Hall–Kier alpha value is -1.31. The van der Waals surface area contributed by atoms with Gasteiger partial charge in [-0.05, 0) is 25.1 Å². The van der Waals surface area contributed by atoms with E-state index in [1.54, 1.807) is 0 Å². The van der Waals surface area contributed by atoms with Gasteiger partial charge in [0.25, 0.3) is 0 Å². The Morgan fingerprint density at radius 3 is 3.20 bits per heavy atom. The molecular formula is C8H10N2. The number of hydrogen-bond acceptors (Lipinski definition) is 1. The molecule has 0 fully saturated rings. The molecule has 0 aliphatic heterocycles. The highest BCUT2D eigenvalue weighted by Gasteiger charge is 1.92. The van der Waals surface area contributed by atoms with Crippen LogP contribution in [0.2, 0.25) is 0 Å². The second kappa shape index (κ2) is 1.84. The molecule has 0 amide bonds. The van der Waals surface area contributed by atoms with Crippen molar-refractivity contribution in [1.29, 1.82) is 0 Å². The summed E-state index contributed by atoms with van der Waals surface area (Å²) in [4.78, 5) is 7.39. The lowest BCUT2D eigenvalue weighted by molar-refractivity contribution is 1.26. The van der Waals surface area contributed by atoms with Crippen LogP contribution in [0, 0.1) is 6.92 Å². The number of aromatic nitrogens is 2. The minimum atomic E-state index is 0. The van der Waals surface area contributed by atoms with Crippen LogP contribution < -0.4 is 0 Å². The smallest absolute Gasteiger partial charge is 0.0881 e. The van der Waals surface area contributed by atoms with Gasteiger partial charge in [0.05, 0.1) is 11.0 Å². The molecule has 0 saturated carbocycles. The zero-order chi connectivity index (χ0) is 6.97. The maximum absolute atomic E-state index is 4.30. The first-order chi connectivity index (χ1) is 4.86. The number of aryl methyl sites for hydroxylation is 1. The molecule has 0 aliphatic carbocycles. The summed E-state index contributed by atoms with van der Waals surface area (Å²) in [5, 5.41) is 0. The van der Waals surface area contributed by atoms with E-state index in [0.29, 0.717) is 0 Å². The minimum Gasteiger partial charge on any atom is -0.360 e. The molecule has 0 bridgehead atoms. The Morgan fingerprint density at radius 1 is 1.40 bits per heavy atom. The van der Waals surface area contributed by atoms with Gasteiger partial charge in [0.2, 0.25) is 0 Å². The Morgan fingerprint density at radius 2 is 2.30 bits per heavy atom. The van der Waals surface area contributed by atoms with Crippen molar-refractivity contribution in [3.05, 3.63) is 30.1 Å². The molecule has 0 spiro atoms. The molecule has 2 aromatic rings. The monoisotopic (exact) mass is 134 g/mol. The molecule has 0 aliphatic rings. The van der Waals surface area contributed by atoms with Gasteiger partial charge in [-0.1, -0.05) is 0 Å². The van der Waals surface area contributed by atoms with Crippen LogP contribution in [0.4, 0.5) is 0 Å². The zero-order valence-corrected chi connectivity index (χ0v) is 5.76. The molecule has 0 radical (unpaired) electrons. The second-order valence-corrected chi connectivity index (χ2v) is 2.36. The van der Waals surface area contributed by atoms with Gasteiger partial charge in [-0.2, -0.15) is 0 Å². The Bertz CT molecular complexity index is 354. The molecule has 2 nitrogen and oxygen atoms in total. The number of rotatable bonds is 0. The largest absolute Gasteiger partial charge is 0.360 e. The van der Waals surface area contributed by atoms with E-state index in [-0.39, 0.29) is 1.43 Å². The molecule has 2 heteroatoms. The standard InChI is InChI=1S/C8H8N2.H2/c1-6-2-3-7-8(10-6)4-5-9-7;/h2-5,9H,1H3;1H. The van der Waals surface area contributed by atoms with E-state index < -0.39 is 0 Å². The van der Waals surface area contributed by atoms with Crippen LogP contribution >= 0.6 is 0 Å². The summed E-state index contributed by atoms with van der Waals surface area (Å²) in [6.07, 6.45) is 1.90. The third-order valence-corrected chi connectivity index (χ3v) is 1.54. The van der Waals surface area contributed by atoms with Gasteiger partial charge in [0.1, 0.15) is 0 Å². The zero-order valence-electron chi connectivity index (χ0n) is 5.76. The SMILES string of the molecule is Cc1ccc2[nH]ccc2n1.[HH]. The van der Waals surface area contributed by atoms with Crippen LogP contribution in [0.1, 0.15) is 7.12 Å². The molecule has 52 valence electrons. The summed E-state index contributed by atoms with van der Waals surface area (Å²) in [5.41, 5.74) is 3.21. The quantitative estimate of drug-likeness (QED) is 0.587. The number of pyridine rings is 1. The summed E-state index contributed by atoms with van der Waals surface area (Å²) in [7, 11) is 0. The van der Waals surface area contributed by atoms with Crippen molar-refractivity contribution in [3.8, 4) is 0 Å². The molecular weight excluding hydrogens is 124 g/mol. The topological polar surface area (TPSA) is 28.7 Å². The van der Waals surface area contributed by atoms with Crippen molar-refractivity contribution >= 4 is 11.0 Å². The number of nitrogens with one attached hydrogen (secondary N) is 1. The van der Waals surface area contributed by atoms with Crippen molar-refractivity contribution in [1.82, 2.24) is 9.97 Å². The van der Waals surface area contributed by atoms with Crippen LogP contribution in [0.5, 0.6) is 0 Å². The number of nitrogens with zero attached hydrogens (tertiary/aromatic N) is 1. The second-order valence-electron chi connectivity index (χ2n) is 2.36. The molecule has 2 heterocycles. The van der Waals surface area contributed by atoms with Crippen LogP contribution in [-0.4, -0.2) is 9.97 Å². The van der Waals surface area contributed by atoms with E-state index >= 15 is 0 Å². The average molecular weight is 134 g/mol. The fraction of sp³-hybridized carbons (Fsp3) is 0.125. The van der Waals surface area contributed by atoms with Crippen LogP contribution in [0.3, 0.4) is 0 Å². The summed E-state index contributed by atoms with van der Waals surface area (Å²) >= 11 is 0. The fourth-order valence-electron chi connectivity index (χ4n) is 1.04. The van der Waals surface area contributed by atoms with Crippen molar-refractivity contribution in [2.24, 2.45) is 0 Å². The highest BCUT2D eigenvalue weighted by molar-refractivity contribution is 5.74. The van der Waals surface area contributed by atoms with E-state index in [0.717, 1.165) is 16.7 Å². The molecule has 0 saturated heterocycles. The van der Waals surface area contributed by atoms with Crippen LogP contribution in [0.25, 0.3) is 11.0 Å². The van der Waals surface area contributed by atoms with Crippen molar-refractivity contribution in [2.75, 3.05) is 0 Å². The molecule has 10 heavy (non-hydrogen) atoms. The maximum atomic E-state index is 4.30. The summed E-state index contributed by atoms with van der Waals surface area (Å²) < 4.78 is 0. The first-order valence-corrected chi connectivity index (χ1v) is 3.27. The van der Waals surface area contributed by atoms with E-state index in [4.69, 9.17) is 0 Å². The fourth-order valence-corrected chi connectivity index (χ4v) is 1.04. The molecule has 1 N–H and O–H groups in total. The lowest BCUT2D eigenvalue weighted by Crippen LogP contribution is -1.78. The molecule has 2 rings (SSSR count). The third kappa shape index (κ3) is 0.692. The van der Waals surface area contributed by atoms with Gasteiger partial charge in [-0.25, -0.2) is 0 Å². The van der Waals surface area contributed by atoms with Gasteiger partial charge in [0.15, 0.2) is 0 Å². The van der Waals surface area contributed by atoms with Gasteiger partial charge >= 0.3 is 0 Å². The first kappa shape index (κ1) is 5.47. The number of hydrogen-bond donors (Lipinski definition) is 1. The first-order valence-electron chi connectivity index (χ1n) is 3.27. The summed E-state index contributed by atoms with van der Waals surface area (Å²) in [6.45, 7) is 1.99. The van der Waals surface area contributed by atoms with E-state index in [1.165, 1.54) is 0 Å². The molecule has 2 aromatic heterocycles. The van der Waals surface area contributed by atoms with Crippen LogP contribution in [-0.2, 0) is 0 Å². The number of aromatic amines is 1. The van der Waals surface area contributed by atoms with E-state index in [9.17, 15) is 0 Å². The maximum Gasteiger partial charge on any atom is 0.0881 e. The van der Waals surface area contributed by atoms with Crippen molar-refractivity contribution in [2.45, 2.75) is 6.92 Å². The number of H-pyrrole nitrogens is 1. The van der Waals surface area contributed by atoms with Gasteiger partial charge < -0.3 is 4.98 Å². The van der Waals surface area contributed by atoms with Crippen LogP contribution in [0.15, 0.2) is 24.4 Å². The highest BCUT2D eigenvalue weighted by atomic mass is 14.8. The van der Waals surface area contributed by atoms with Crippen molar-refractivity contribution in [3.63, 3.8) is 0 Å². The average Bonchev–Trinajstić information content (AvgIpc) is 2.33. The summed E-state index contributed by atoms with van der Waals surface area (Å²) in [6, 6.07) is 6.01. The van der Waals surface area contributed by atoms with Gasteiger partial charge in [-0.15, -0.1) is 0 Å². The highest BCUT2D eigenvalue weighted by Crippen LogP contribution is 2.08. The Balaban J connectivity index is 0.000000605. The predicted octanol–water partition coefficient (Wildman–Crippen LogP) is 2.12. The minimum absolute atomic E-state index is 0. The predicted molar refractivity (Wildman–Crippen MR) is 42.9 cm³/mol. The van der Waals surface area contributed by atoms with E-state index in [2.05, 4.69) is 9.97 Å².